The van der Waals surface area contributed by atoms with Crippen molar-refractivity contribution in [1.82, 2.24) is 20.1 Å². The molecule has 0 aliphatic heterocycles. The molecule has 0 unspecified atom stereocenters. The number of thiophene rings is 1. The van der Waals surface area contributed by atoms with Gasteiger partial charge in [0.15, 0.2) is 0 Å². The number of aromatic nitrogens is 3. The molecule has 0 atom stereocenters. The number of hydrogen-bond acceptors (Lipinski definition) is 5. The second-order valence-corrected chi connectivity index (χ2v) is 7.94. The van der Waals surface area contributed by atoms with Crippen molar-refractivity contribution in [2.24, 2.45) is 0 Å². The van der Waals surface area contributed by atoms with E-state index >= 15 is 0 Å². The lowest BCUT2D eigenvalue weighted by Gasteiger charge is -2.02. The number of hydrogen-bond donors (Lipinski definition) is 1. The van der Waals surface area contributed by atoms with Gasteiger partial charge in [-0.25, -0.2) is 9.67 Å². The summed E-state index contributed by atoms with van der Waals surface area (Å²) in [6.07, 6.45) is 3.59. The van der Waals surface area contributed by atoms with Gasteiger partial charge in [0.2, 0.25) is 0 Å². The Hall–Kier alpha value is -2.77. The molecule has 7 heteroatoms. The van der Waals surface area contributed by atoms with Crippen molar-refractivity contribution in [3.05, 3.63) is 75.7 Å². The molecule has 0 bridgehead atoms. The average Bonchev–Trinajstić information content (AvgIpc) is 3.40. The topological polar surface area (TPSA) is 59.8 Å². The Kier molecular flexibility index (Phi) is 4.64. The van der Waals surface area contributed by atoms with Crippen LogP contribution in [0.5, 0.6) is 0 Å². The molecule has 0 saturated heterocycles. The Bertz CT molecular complexity index is 1020. The zero-order valence-corrected chi connectivity index (χ0v) is 15.7. The number of thiazole rings is 1. The van der Waals surface area contributed by atoms with Gasteiger partial charge in [-0.05, 0) is 30.5 Å². The lowest BCUT2D eigenvalue weighted by Crippen LogP contribution is -2.22. The number of amides is 1. The minimum Gasteiger partial charge on any atom is -0.347 e. The van der Waals surface area contributed by atoms with Crippen LogP contribution in [0.15, 0.2) is 60.2 Å². The van der Waals surface area contributed by atoms with Crippen LogP contribution in [0.2, 0.25) is 0 Å². The van der Waals surface area contributed by atoms with Crippen LogP contribution >= 0.6 is 22.7 Å². The second kappa shape index (κ2) is 7.23. The summed E-state index contributed by atoms with van der Waals surface area (Å²) < 4.78 is 1.75. The summed E-state index contributed by atoms with van der Waals surface area (Å²) in [6, 6.07) is 13.7. The molecule has 0 aliphatic rings. The van der Waals surface area contributed by atoms with E-state index in [1.807, 2.05) is 54.8 Å². The van der Waals surface area contributed by atoms with Crippen LogP contribution in [0, 0.1) is 6.92 Å². The smallest absolute Gasteiger partial charge is 0.255 e. The molecule has 0 aliphatic carbocycles. The minimum absolute atomic E-state index is 0.137. The molecular weight excluding hydrogens is 364 g/mol. The van der Waals surface area contributed by atoms with Crippen molar-refractivity contribution in [3.63, 3.8) is 0 Å². The van der Waals surface area contributed by atoms with Gasteiger partial charge in [0.25, 0.3) is 5.91 Å². The molecule has 0 saturated carbocycles. The molecule has 3 aromatic heterocycles. The van der Waals surface area contributed by atoms with Crippen LogP contribution < -0.4 is 5.32 Å². The lowest BCUT2D eigenvalue weighted by molar-refractivity contribution is 0.0952. The van der Waals surface area contributed by atoms with E-state index in [1.165, 1.54) is 0 Å². The first-order valence-corrected chi connectivity index (χ1v) is 9.79. The first kappa shape index (κ1) is 16.7. The molecule has 1 amide bonds. The maximum atomic E-state index is 12.8. The number of carbonyl (C=O) groups excluding carboxylic acids is 1. The SMILES string of the molecule is Cc1ncc(CNC(=O)c2cn(-c3ccccc3)nc2-c2cccs2)s1. The highest BCUT2D eigenvalue weighted by atomic mass is 32.1. The molecule has 4 rings (SSSR count). The number of para-hydroxylation sites is 1. The zero-order valence-electron chi connectivity index (χ0n) is 14.0. The summed E-state index contributed by atoms with van der Waals surface area (Å²) >= 11 is 3.15. The third-order valence-electron chi connectivity index (χ3n) is 3.83. The summed E-state index contributed by atoms with van der Waals surface area (Å²) in [5.74, 6) is -0.137. The number of rotatable bonds is 5. The predicted molar refractivity (Wildman–Crippen MR) is 105 cm³/mol. The molecule has 0 fully saturated rings. The van der Waals surface area contributed by atoms with Crippen molar-refractivity contribution < 1.29 is 4.79 Å². The van der Waals surface area contributed by atoms with Gasteiger partial charge in [-0.3, -0.25) is 4.79 Å². The second-order valence-electron chi connectivity index (χ2n) is 5.68. The fraction of sp³-hybridized carbons (Fsp3) is 0.105. The van der Waals surface area contributed by atoms with Gasteiger partial charge in [-0.15, -0.1) is 22.7 Å². The van der Waals surface area contributed by atoms with Crippen molar-refractivity contribution in [3.8, 4) is 16.3 Å². The normalized spacial score (nSPS) is 10.8. The fourth-order valence-electron chi connectivity index (χ4n) is 2.60. The Morgan fingerprint density at radius 3 is 2.73 bits per heavy atom. The van der Waals surface area contributed by atoms with E-state index in [4.69, 9.17) is 0 Å². The summed E-state index contributed by atoms with van der Waals surface area (Å²) in [4.78, 5) is 19.0. The van der Waals surface area contributed by atoms with E-state index in [0.717, 1.165) is 20.4 Å². The summed E-state index contributed by atoms with van der Waals surface area (Å²) in [6.45, 7) is 2.42. The van der Waals surface area contributed by atoms with Gasteiger partial charge >= 0.3 is 0 Å². The Morgan fingerprint density at radius 2 is 2.04 bits per heavy atom. The number of nitrogens with one attached hydrogen (secondary N) is 1. The number of nitrogens with zero attached hydrogens (tertiary/aromatic N) is 3. The van der Waals surface area contributed by atoms with Crippen molar-refractivity contribution in [1.29, 1.82) is 0 Å². The zero-order chi connectivity index (χ0) is 17.9. The van der Waals surface area contributed by atoms with Crippen LogP contribution in [0.25, 0.3) is 16.3 Å². The van der Waals surface area contributed by atoms with Gasteiger partial charge in [0.05, 0.1) is 27.7 Å². The third-order valence-corrected chi connectivity index (χ3v) is 5.62. The molecule has 3 heterocycles. The Labute approximate surface area is 159 Å². The molecule has 5 nitrogen and oxygen atoms in total. The summed E-state index contributed by atoms with van der Waals surface area (Å²) in [7, 11) is 0. The highest BCUT2D eigenvalue weighted by molar-refractivity contribution is 7.13. The Balaban J connectivity index is 1.65. The summed E-state index contributed by atoms with van der Waals surface area (Å²) in [5, 5.41) is 10.6. The molecule has 26 heavy (non-hydrogen) atoms. The summed E-state index contributed by atoms with van der Waals surface area (Å²) in [5.41, 5.74) is 2.18. The first-order chi connectivity index (χ1) is 12.7. The van der Waals surface area contributed by atoms with E-state index < -0.39 is 0 Å². The van der Waals surface area contributed by atoms with E-state index in [0.29, 0.717) is 17.8 Å². The van der Waals surface area contributed by atoms with Crippen molar-refractivity contribution >= 4 is 28.6 Å². The molecule has 0 radical (unpaired) electrons. The fourth-order valence-corrected chi connectivity index (χ4v) is 4.06. The van der Waals surface area contributed by atoms with Crippen molar-refractivity contribution in [2.75, 3.05) is 0 Å². The van der Waals surface area contributed by atoms with Crippen LogP contribution in [-0.2, 0) is 6.54 Å². The standard InChI is InChI=1S/C19H16N4OS2/c1-13-20-10-15(26-13)11-21-19(24)16-12-23(14-6-3-2-4-7-14)22-18(16)17-8-5-9-25-17/h2-10,12H,11H2,1H3,(H,21,24). The quantitative estimate of drug-likeness (QED) is 0.562. The molecule has 1 aromatic carbocycles. The van der Waals surface area contributed by atoms with E-state index in [2.05, 4.69) is 15.4 Å². The van der Waals surface area contributed by atoms with Gasteiger partial charge in [0, 0.05) is 17.3 Å². The molecular formula is C19H16N4OS2. The monoisotopic (exact) mass is 380 g/mol. The maximum Gasteiger partial charge on any atom is 0.255 e. The molecule has 0 spiro atoms. The maximum absolute atomic E-state index is 12.8. The average molecular weight is 380 g/mol. The van der Waals surface area contributed by atoms with Gasteiger partial charge in [-0.2, -0.15) is 5.10 Å². The Morgan fingerprint density at radius 1 is 1.19 bits per heavy atom. The minimum atomic E-state index is -0.137. The highest BCUT2D eigenvalue weighted by Gasteiger charge is 2.19. The predicted octanol–water partition coefficient (Wildman–Crippen LogP) is 4.30. The lowest BCUT2D eigenvalue weighted by atomic mass is 10.2. The van der Waals surface area contributed by atoms with Gasteiger partial charge in [-0.1, -0.05) is 24.3 Å². The van der Waals surface area contributed by atoms with Crippen LogP contribution in [-0.4, -0.2) is 20.7 Å². The van der Waals surface area contributed by atoms with Gasteiger partial charge < -0.3 is 5.32 Å². The first-order valence-electron chi connectivity index (χ1n) is 8.09. The largest absolute Gasteiger partial charge is 0.347 e. The number of carbonyl (C=O) groups is 1. The van der Waals surface area contributed by atoms with Crippen LogP contribution in [0.1, 0.15) is 20.2 Å². The van der Waals surface area contributed by atoms with E-state index in [9.17, 15) is 4.79 Å². The van der Waals surface area contributed by atoms with Crippen LogP contribution in [0.4, 0.5) is 0 Å². The van der Waals surface area contributed by atoms with Gasteiger partial charge in [0.1, 0.15) is 5.69 Å². The molecule has 130 valence electrons. The van der Waals surface area contributed by atoms with Crippen molar-refractivity contribution in [2.45, 2.75) is 13.5 Å². The van der Waals surface area contributed by atoms with E-state index in [-0.39, 0.29) is 5.91 Å². The molecule has 1 N–H and O–H groups in total. The van der Waals surface area contributed by atoms with Crippen LogP contribution in [0.3, 0.4) is 0 Å². The highest BCUT2D eigenvalue weighted by Crippen LogP contribution is 2.28. The van der Waals surface area contributed by atoms with E-state index in [1.54, 1.807) is 39.7 Å². The number of benzene rings is 1. The number of aryl methyl sites for hydroxylation is 1. The third kappa shape index (κ3) is 3.44. The molecule has 4 aromatic rings.